The van der Waals surface area contributed by atoms with E-state index in [2.05, 4.69) is 31.3 Å². The van der Waals surface area contributed by atoms with Gasteiger partial charge in [0.1, 0.15) is 18.5 Å². The monoisotopic (exact) mass is 392 g/mol. The van der Waals surface area contributed by atoms with Crippen molar-refractivity contribution in [3.8, 4) is 0 Å². The van der Waals surface area contributed by atoms with E-state index in [-0.39, 0.29) is 0 Å². The van der Waals surface area contributed by atoms with Gasteiger partial charge in [-0.25, -0.2) is 15.0 Å². The number of hydrogen-bond donors (Lipinski definition) is 3. The molecular weight excluding hydrogens is 372 g/mol. The molecule has 0 radical (unpaired) electrons. The van der Waals surface area contributed by atoms with Crippen LogP contribution in [0.25, 0.3) is 22.1 Å². The van der Waals surface area contributed by atoms with E-state index in [4.69, 9.17) is 4.74 Å². The first-order valence-electron chi connectivity index (χ1n) is 9.38. The van der Waals surface area contributed by atoms with Crippen LogP contribution in [0.3, 0.4) is 0 Å². The third kappa shape index (κ3) is 3.09. The van der Waals surface area contributed by atoms with Gasteiger partial charge in [-0.05, 0) is 30.7 Å². The first-order chi connectivity index (χ1) is 14.1. The molecule has 148 valence electrons. The van der Waals surface area contributed by atoms with Crippen LogP contribution in [-0.2, 0) is 11.3 Å². The average molecular weight is 392 g/mol. The largest absolute Gasteiger partial charge is 0.388 e. The maximum atomic E-state index is 10.3. The molecule has 29 heavy (non-hydrogen) atoms. The van der Waals surface area contributed by atoms with Crippen LogP contribution in [0.15, 0.2) is 49.2 Å². The van der Waals surface area contributed by atoms with Crippen LogP contribution < -0.4 is 5.32 Å². The van der Waals surface area contributed by atoms with Crippen LogP contribution in [0.1, 0.15) is 18.7 Å². The number of aliphatic hydroxyl groups excluding tert-OH is 2. The van der Waals surface area contributed by atoms with E-state index in [1.165, 1.54) is 6.33 Å². The number of pyridine rings is 1. The topological polar surface area (TPSA) is 118 Å². The molecule has 5 rings (SSSR count). The summed E-state index contributed by atoms with van der Waals surface area (Å²) in [5.74, 6) is 0.584. The number of ether oxygens (including phenoxy) is 1. The summed E-state index contributed by atoms with van der Waals surface area (Å²) in [6.07, 6.45) is 1.52. The molecule has 3 N–H and O–H groups in total. The summed E-state index contributed by atoms with van der Waals surface area (Å²) in [5.41, 5.74) is 3.13. The van der Waals surface area contributed by atoms with Crippen molar-refractivity contribution in [3.05, 3.63) is 54.7 Å². The van der Waals surface area contributed by atoms with Gasteiger partial charge in [0.25, 0.3) is 0 Å². The van der Waals surface area contributed by atoms with Crippen LogP contribution in [0.4, 0.5) is 5.82 Å². The van der Waals surface area contributed by atoms with Crippen molar-refractivity contribution >= 4 is 27.9 Å². The number of rotatable bonds is 4. The number of anilines is 1. The molecule has 0 saturated carbocycles. The Labute approximate surface area is 166 Å². The summed E-state index contributed by atoms with van der Waals surface area (Å²) in [6.45, 7) is 2.27. The van der Waals surface area contributed by atoms with Crippen molar-refractivity contribution in [1.29, 1.82) is 0 Å². The SMILES string of the molecule is C[C@H]1O[C@@H](n2cnc3c(NCc4ccc5ncccc5c4)ncnc32)[C@H](O)[C@@H]1O. The van der Waals surface area contributed by atoms with Gasteiger partial charge in [-0.15, -0.1) is 0 Å². The van der Waals surface area contributed by atoms with Gasteiger partial charge >= 0.3 is 0 Å². The lowest BCUT2D eigenvalue weighted by Crippen LogP contribution is -2.30. The van der Waals surface area contributed by atoms with Gasteiger partial charge in [0.15, 0.2) is 23.2 Å². The average Bonchev–Trinajstić information content (AvgIpc) is 3.29. The molecule has 9 heteroatoms. The third-order valence-electron chi connectivity index (χ3n) is 5.24. The molecular formula is C20H20N6O3. The van der Waals surface area contributed by atoms with Gasteiger partial charge in [0.05, 0.1) is 17.9 Å². The molecule has 0 unspecified atom stereocenters. The minimum Gasteiger partial charge on any atom is -0.388 e. The number of hydrogen-bond acceptors (Lipinski definition) is 8. The zero-order valence-electron chi connectivity index (χ0n) is 15.7. The maximum absolute atomic E-state index is 10.3. The molecule has 0 spiro atoms. The minimum absolute atomic E-state index is 0.478. The van der Waals surface area contributed by atoms with Gasteiger partial charge < -0.3 is 20.3 Å². The highest BCUT2D eigenvalue weighted by Gasteiger charge is 2.42. The van der Waals surface area contributed by atoms with Gasteiger partial charge in [-0.3, -0.25) is 9.55 Å². The molecule has 9 nitrogen and oxygen atoms in total. The molecule has 0 amide bonds. The van der Waals surface area contributed by atoms with Crippen LogP contribution in [0.5, 0.6) is 0 Å². The molecule has 1 aromatic carbocycles. The van der Waals surface area contributed by atoms with Crippen molar-refractivity contribution in [2.45, 2.75) is 38.0 Å². The zero-order valence-corrected chi connectivity index (χ0v) is 15.7. The molecule has 0 aliphatic carbocycles. The van der Waals surface area contributed by atoms with E-state index >= 15 is 0 Å². The van der Waals surface area contributed by atoms with Crippen molar-refractivity contribution in [1.82, 2.24) is 24.5 Å². The molecule has 3 aromatic heterocycles. The standard InChI is InChI=1S/C20H20N6O3/c1-11-16(27)17(28)20(29-11)26-10-25-15-18(23-9-24-19(15)26)22-8-12-4-5-14-13(7-12)3-2-6-21-14/h2-7,9-11,16-17,20,27-28H,8H2,1H3,(H,22,23,24)/t11-,16-,17-,20-/m1/s1. The lowest BCUT2D eigenvalue weighted by molar-refractivity contribution is -0.0299. The molecule has 1 aliphatic rings. The second kappa shape index (κ2) is 7.03. The normalized spacial score (nSPS) is 24.4. The molecule has 1 aliphatic heterocycles. The fraction of sp³-hybridized carbons (Fsp3) is 0.300. The van der Waals surface area contributed by atoms with Crippen LogP contribution >= 0.6 is 0 Å². The molecule has 4 atom stereocenters. The van der Waals surface area contributed by atoms with E-state index < -0.39 is 24.5 Å². The van der Waals surface area contributed by atoms with Gasteiger partial charge in [0, 0.05) is 18.1 Å². The fourth-order valence-electron chi connectivity index (χ4n) is 3.65. The van der Waals surface area contributed by atoms with E-state index in [9.17, 15) is 10.2 Å². The summed E-state index contributed by atoms with van der Waals surface area (Å²) < 4.78 is 7.31. The van der Waals surface area contributed by atoms with Crippen molar-refractivity contribution in [2.75, 3.05) is 5.32 Å². The van der Waals surface area contributed by atoms with E-state index in [0.29, 0.717) is 23.5 Å². The Bertz CT molecular complexity index is 1180. The number of benzene rings is 1. The first kappa shape index (κ1) is 17.9. The Balaban J connectivity index is 1.41. The second-order valence-electron chi connectivity index (χ2n) is 7.14. The van der Waals surface area contributed by atoms with E-state index in [1.807, 2.05) is 24.3 Å². The highest BCUT2D eigenvalue weighted by Crippen LogP contribution is 2.32. The van der Waals surface area contributed by atoms with Crippen LogP contribution in [0.2, 0.25) is 0 Å². The minimum atomic E-state index is -1.06. The highest BCUT2D eigenvalue weighted by atomic mass is 16.6. The predicted molar refractivity (Wildman–Crippen MR) is 106 cm³/mol. The first-order valence-corrected chi connectivity index (χ1v) is 9.38. The van der Waals surface area contributed by atoms with E-state index in [0.717, 1.165) is 16.5 Å². The summed E-state index contributed by atoms with van der Waals surface area (Å²) in [4.78, 5) is 17.3. The number of nitrogens with zero attached hydrogens (tertiary/aromatic N) is 5. The fourth-order valence-corrected chi connectivity index (χ4v) is 3.65. The lowest BCUT2D eigenvalue weighted by atomic mass is 10.1. The maximum Gasteiger partial charge on any atom is 0.167 e. The second-order valence-corrected chi connectivity index (χ2v) is 7.14. The quantitative estimate of drug-likeness (QED) is 0.480. The summed E-state index contributed by atoms with van der Waals surface area (Å²) >= 11 is 0. The Morgan fingerprint density at radius 1 is 1.10 bits per heavy atom. The Hall–Kier alpha value is -3.14. The zero-order chi connectivity index (χ0) is 20.0. The summed E-state index contributed by atoms with van der Waals surface area (Å²) in [7, 11) is 0. The number of aromatic nitrogens is 5. The van der Waals surface area contributed by atoms with Crippen molar-refractivity contribution in [2.24, 2.45) is 0 Å². The molecule has 4 heterocycles. The van der Waals surface area contributed by atoms with Crippen molar-refractivity contribution < 1.29 is 14.9 Å². The number of aliphatic hydroxyl groups is 2. The number of fused-ring (bicyclic) bond motifs is 2. The highest BCUT2D eigenvalue weighted by molar-refractivity contribution is 5.83. The summed E-state index contributed by atoms with van der Waals surface area (Å²) in [6, 6.07) is 10.0. The molecule has 1 saturated heterocycles. The number of nitrogens with one attached hydrogen (secondary N) is 1. The Morgan fingerprint density at radius 3 is 2.83 bits per heavy atom. The Kier molecular flexibility index (Phi) is 4.35. The van der Waals surface area contributed by atoms with Crippen LogP contribution in [0, 0.1) is 0 Å². The Morgan fingerprint density at radius 2 is 2.00 bits per heavy atom. The molecule has 4 aromatic rings. The van der Waals surface area contributed by atoms with Crippen molar-refractivity contribution in [3.63, 3.8) is 0 Å². The third-order valence-corrected chi connectivity index (χ3v) is 5.24. The summed E-state index contributed by atoms with van der Waals surface area (Å²) in [5, 5.41) is 24.6. The van der Waals surface area contributed by atoms with Crippen LogP contribution in [-0.4, -0.2) is 53.0 Å². The van der Waals surface area contributed by atoms with E-state index in [1.54, 1.807) is 24.0 Å². The van der Waals surface area contributed by atoms with Gasteiger partial charge in [-0.1, -0.05) is 12.1 Å². The predicted octanol–water partition coefficient (Wildman–Crippen LogP) is 1.63. The molecule has 0 bridgehead atoms. The van der Waals surface area contributed by atoms with Gasteiger partial charge in [0.2, 0.25) is 0 Å². The lowest BCUT2D eigenvalue weighted by Gasteiger charge is -2.16. The molecule has 1 fully saturated rings. The van der Waals surface area contributed by atoms with Gasteiger partial charge in [-0.2, -0.15) is 0 Å². The number of imidazole rings is 1. The smallest absolute Gasteiger partial charge is 0.167 e.